The number of halogens is 1. The molecule has 0 amide bonds. The van der Waals surface area contributed by atoms with Gasteiger partial charge in [0.25, 0.3) is 0 Å². The molecule has 2 aromatic rings. The van der Waals surface area contributed by atoms with Gasteiger partial charge >= 0.3 is 0 Å². The third-order valence-electron chi connectivity index (χ3n) is 4.08. The lowest BCUT2D eigenvalue weighted by Crippen LogP contribution is -2.44. The Morgan fingerprint density at radius 1 is 1.19 bits per heavy atom. The van der Waals surface area contributed by atoms with Crippen molar-refractivity contribution in [2.45, 2.75) is 52.1 Å². The highest BCUT2D eigenvalue weighted by Crippen LogP contribution is 2.27. The molecule has 0 saturated carbocycles. The topological polar surface area (TPSA) is 43.8 Å². The summed E-state index contributed by atoms with van der Waals surface area (Å²) in [6.45, 7) is 7.17. The van der Waals surface area contributed by atoms with Gasteiger partial charge in [0.05, 0.1) is 15.9 Å². The van der Waals surface area contributed by atoms with E-state index in [0.717, 1.165) is 36.0 Å². The van der Waals surface area contributed by atoms with Crippen LogP contribution in [-0.2, 0) is 19.4 Å². The Morgan fingerprint density at radius 3 is 2.43 bits per heavy atom. The van der Waals surface area contributed by atoms with Crippen LogP contribution in [0.1, 0.15) is 37.2 Å². The van der Waals surface area contributed by atoms with Crippen LogP contribution < -0.4 is 5.73 Å². The Bertz CT molecular complexity index is 592. The van der Waals surface area contributed by atoms with Crippen molar-refractivity contribution in [3.8, 4) is 0 Å². The van der Waals surface area contributed by atoms with Gasteiger partial charge in [-0.25, -0.2) is 0 Å². The van der Waals surface area contributed by atoms with Crippen molar-refractivity contribution in [2.75, 3.05) is 0 Å². The SMILES string of the molecule is CCn1nc(C)c(Br)c1CC(N)(CC)Cc1ccccc1. The molecule has 0 bridgehead atoms. The van der Waals surface area contributed by atoms with Crippen LogP contribution in [0.25, 0.3) is 0 Å². The molecule has 0 aliphatic heterocycles. The molecule has 21 heavy (non-hydrogen) atoms. The van der Waals surface area contributed by atoms with Gasteiger partial charge in [0.2, 0.25) is 0 Å². The molecular formula is C17H24BrN3. The van der Waals surface area contributed by atoms with Crippen molar-refractivity contribution in [3.63, 3.8) is 0 Å². The van der Waals surface area contributed by atoms with E-state index < -0.39 is 0 Å². The zero-order valence-corrected chi connectivity index (χ0v) is 14.7. The summed E-state index contributed by atoms with van der Waals surface area (Å²) in [6, 6.07) is 10.5. The van der Waals surface area contributed by atoms with Crippen molar-refractivity contribution >= 4 is 15.9 Å². The number of nitrogens with zero attached hydrogens (tertiary/aromatic N) is 2. The fourth-order valence-electron chi connectivity index (χ4n) is 2.69. The lowest BCUT2D eigenvalue weighted by molar-refractivity contribution is 0.389. The molecule has 0 aliphatic rings. The number of hydrogen-bond donors (Lipinski definition) is 1. The van der Waals surface area contributed by atoms with Crippen LogP contribution in [0.4, 0.5) is 0 Å². The van der Waals surface area contributed by atoms with Crippen molar-refractivity contribution in [3.05, 3.63) is 51.8 Å². The van der Waals surface area contributed by atoms with Gasteiger partial charge in [-0.2, -0.15) is 5.10 Å². The molecule has 2 N–H and O–H groups in total. The smallest absolute Gasteiger partial charge is 0.0738 e. The maximum atomic E-state index is 6.70. The van der Waals surface area contributed by atoms with E-state index in [1.807, 2.05) is 13.0 Å². The zero-order chi connectivity index (χ0) is 15.5. The first kappa shape index (κ1) is 16.2. The minimum atomic E-state index is -0.247. The summed E-state index contributed by atoms with van der Waals surface area (Å²) in [4.78, 5) is 0. The average Bonchev–Trinajstić information content (AvgIpc) is 2.76. The summed E-state index contributed by atoms with van der Waals surface area (Å²) in [6.07, 6.45) is 2.64. The summed E-state index contributed by atoms with van der Waals surface area (Å²) < 4.78 is 3.16. The summed E-state index contributed by atoms with van der Waals surface area (Å²) in [5.74, 6) is 0. The number of hydrogen-bond acceptors (Lipinski definition) is 2. The van der Waals surface area contributed by atoms with E-state index in [1.165, 1.54) is 11.3 Å². The number of rotatable bonds is 6. The Balaban J connectivity index is 2.26. The fourth-order valence-corrected chi connectivity index (χ4v) is 3.11. The maximum Gasteiger partial charge on any atom is 0.0738 e. The van der Waals surface area contributed by atoms with Gasteiger partial charge in [-0.1, -0.05) is 37.3 Å². The summed E-state index contributed by atoms with van der Waals surface area (Å²) in [7, 11) is 0. The first-order valence-corrected chi connectivity index (χ1v) is 8.33. The van der Waals surface area contributed by atoms with Gasteiger partial charge in [0.1, 0.15) is 0 Å². The molecule has 0 spiro atoms. The van der Waals surface area contributed by atoms with Crippen LogP contribution in [0.5, 0.6) is 0 Å². The van der Waals surface area contributed by atoms with Gasteiger partial charge in [-0.3, -0.25) is 4.68 Å². The molecule has 0 radical (unpaired) electrons. The van der Waals surface area contributed by atoms with E-state index in [9.17, 15) is 0 Å². The normalized spacial score (nSPS) is 14.1. The highest BCUT2D eigenvalue weighted by Gasteiger charge is 2.27. The lowest BCUT2D eigenvalue weighted by Gasteiger charge is -2.29. The van der Waals surface area contributed by atoms with Crippen LogP contribution in [0, 0.1) is 6.92 Å². The highest BCUT2D eigenvalue weighted by molar-refractivity contribution is 9.10. The van der Waals surface area contributed by atoms with Crippen LogP contribution in [-0.4, -0.2) is 15.3 Å². The molecule has 1 heterocycles. The van der Waals surface area contributed by atoms with Gasteiger partial charge < -0.3 is 5.73 Å². The number of nitrogens with two attached hydrogens (primary N) is 1. The fraction of sp³-hybridized carbons (Fsp3) is 0.471. The Morgan fingerprint density at radius 2 is 1.86 bits per heavy atom. The van der Waals surface area contributed by atoms with E-state index in [4.69, 9.17) is 5.73 Å². The Hall–Kier alpha value is -1.13. The van der Waals surface area contributed by atoms with E-state index in [-0.39, 0.29) is 5.54 Å². The first-order chi connectivity index (χ1) is 9.99. The second-order valence-corrected chi connectivity index (χ2v) is 6.51. The third-order valence-corrected chi connectivity index (χ3v) is 5.11. The number of benzene rings is 1. The molecule has 1 aromatic carbocycles. The highest BCUT2D eigenvalue weighted by atomic mass is 79.9. The molecule has 0 saturated heterocycles. The summed E-state index contributed by atoms with van der Waals surface area (Å²) >= 11 is 3.67. The van der Waals surface area contributed by atoms with Crippen molar-refractivity contribution < 1.29 is 0 Å². The van der Waals surface area contributed by atoms with E-state index in [0.29, 0.717) is 0 Å². The molecule has 2 rings (SSSR count). The minimum Gasteiger partial charge on any atom is -0.324 e. The summed E-state index contributed by atoms with van der Waals surface area (Å²) in [5, 5.41) is 4.57. The van der Waals surface area contributed by atoms with E-state index in [1.54, 1.807) is 0 Å². The van der Waals surface area contributed by atoms with E-state index in [2.05, 4.69) is 63.8 Å². The maximum absolute atomic E-state index is 6.70. The van der Waals surface area contributed by atoms with Crippen LogP contribution in [0.2, 0.25) is 0 Å². The molecule has 1 aromatic heterocycles. The van der Waals surface area contributed by atoms with Crippen molar-refractivity contribution in [1.29, 1.82) is 0 Å². The molecule has 1 atom stereocenters. The van der Waals surface area contributed by atoms with Gasteiger partial charge in [0, 0.05) is 18.5 Å². The van der Waals surface area contributed by atoms with Gasteiger partial charge in [-0.15, -0.1) is 0 Å². The average molecular weight is 350 g/mol. The Kier molecular flexibility index (Phi) is 5.22. The first-order valence-electron chi connectivity index (χ1n) is 7.53. The quantitative estimate of drug-likeness (QED) is 0.860. The molecule has 0 aliphatic carbocycles. The van der Waals surface area contributed by atoms with E-state index >= 15 is 0 Å². The van der Waals surface area contributed by atoms with Crippen LogP contribution in [0.15, 0.2) is 34.8 Å². The van der Waals surface area contributed by atoms with Crippen LogP contribution >= 0.6 is 15.9 Å². The zero-order valence-electron chi connectivity index (χ0n) is 13.1. The van der Waals surface area contributed by atoms with Gasteiger partial charge in [0.15, 0.2) is 0 Å². The molecule has 1 unspecified atom stereocenters. The third kappa shape index (κ3) is 3.74. The second kappa shape index (κ2) is 6.75. The predicted molar refractivity (Wildman–Crippen MR) is 91.4 cm³/mol. The minimum absolute atomic E-state index is 0.247. The number of aromatic nitrogens is 2. The standard InChI is InChI=1S/C17H24BrN3/c1-4-17(19,11-14-9-7-6-8-10-14)12-15-16(18)13(3)20-21(15)5-2/h6-10H,4-5,11-12,19H2,1-3H3. The second-order valence-electron chi connectivity index (χ2n) is 5.72. The molecule has 0 fully saturated rings. The predicted octanol–water partition coefficient (Wildman–Crippen LogP) is 3.87. The lowest BCUT2D eigenvalue weighted by atomic mass is 9.85. The summed E-state index contributed by atoms with van der Waals surface area (Å²) in [5.41, 5.74) is 9.98. The monoisotopic (exact) mass is 349 g/mol. The van der Waals surface area contributed by atoms with Crippen LogP contribution in [0.3, 0.4) is 0 Å². The van der Waals surface area contributed by atoms with Crippen molar-refractivity contribution in [1.82, 2.24) is 9.78 Å². The largest absolute Gasteiger partial charge is 0.324 e. The van der Waals surface area contributed by atoms with Gasteiger partial charge in [-0.05, 0) is 48.2 Å². The molecule has 114 valence electrons. The Labute approximate surface area is 135 Å². The van der Waals surface area contributed by atoms with Crippen molar-refractivity contribution in [2.24, 2.45) is 5.73 Å². The molecule has 4 heteroatoms. The molecular weight excluding hydrogens is 326 g/mol. The molecule has 3 nitrogen and oxygen atoms in total. The number of aryl methyl sites for hydroxylation is 2.